The molecule has 0 aliphatic rings. The summed E-state index contributed by atoms with van der Waals surface area (Å²) in [7, 11) is -1.99. The van der Waals surface area contributed by atoms with Crippen molar-refractivity contribution in [1.29, 1.82) is 0 Å². The third-order valence-corrected chi connectivity index (χ3v) is 4.68. The molecule has 0 unspecified atom stereocenters. The van der Waals surface area contributed by atoms with Crippen molar-refractivity contribution in [1.82, 2.24) is 0 Å². The number of rotatable bonds is 4. The highest BCUT2D eigenvalue weighted by Gasteiger charge is 2.18. The molecule has 0 atom stereocenters. The number of hydrogen-bond acceptors (Lipinski definition) is 3. The van der Waals surface area contributed by atoms with Gasteiger partial charge in [0.2, 0.25) is 10.0 Å². The van der Waals surface area contributed by atoms with Crippen molar-refractivity contribution >= 4 is 27.3 Å². The zero-order valence-electron chi connectivity index (χ0n) is 13.0. The third kappa shape index (κ3) is 3.87. The molecule has 0 aliphatic heterocycles. The van der Waals surface area contributed by atoms with Crippen LogP contribution in [0.1, 0.15) is 15.9 Å². The lowest BCUT2D eigenvalue weighted by atomic mass is 10.1. The van der Waals surface area contributed by atoms with Gasteiger partial charge in [-0.15, -0.1) is 0 Å². The van der Waals surface area contributed by atoms with E-state index in [2.05, 4.69) is 5.32 Å². The molecule has 2 rings (SSSR count). The molecule has 0 bridgehead atoms. The van der Waals surface area contributed by atoms with Gasteiger partial charge in [-0.25, -0.2) is 12.8 Å². The van der Waals surface area contributed by atoms with E-state index in [1.54, 1.807) is 25.1 Å². The minimum Gasteiger partial charge on any atom is -0.322 e. The van der Waals surface area contributed by atoms with Crippen LogP contribution in [0.5, 0.6) is 0 Å². The van der Waals surface area contributed by atoms with Gasteiger partial charge < -0.3 is 5.32 Å². The minimum absolute atomic E-state index is 0.349. The van der Waals surface area contributed by atoms with Gasteiger partial charge in [-0.2, -0.15) is 0 Å². The number of sulfonamides is 1. The summed E-state index contributed by atoms with van der Waals surface area (Å²) < 4.78 is 37.4. The summed E-state index contributed by atoms with van der Waals surface area (Å²) in [6.45, 7) is 1.68. The topological polar surface area (TPSA) is 66.5 Å². The Labute approximate surface area is 134 Å². The standard InChI is InChI=1S/C16H17FN2O3S/c1-11-14(5-4-6-15(11)19(2)23(3,21)22)16(20)18-13-9-7-12(17)8-10-13/h4-10H,1-3H3,(H,18,20). The molecule has 0 radical (unpaired) electrons. The molecule has 0 aromatic heterocycles. The van der Waals surface area contributed by atoms with Crippen LogP contribution in [-0.2, 0) is 10.0 Å². The number of carbonyl (C=O) groups is 1. The lowest BCUT2D eigenvalue weighted by Crippen LogP contribution is -2.26. The molecule has 7 heteroatoms. The van der Waals surface area contributed by atoms with Gasteiger partial charge in [-0.1, -0.05) is 6.07 Å². The first-order valence-corrected chi connectivity index (χ1v) is 8.65. The zero-order chi connectivity index (χ0) is 17.2. The van der Waals surface area contributed by atoms with E-state index in [0.717, 1.165) is 10.6 Å². The Morgan fingerprint density at radius 3 is 2.30 bits per heavy atom. The number of hydrogen-bond donors (Lipinski definition) is 1. The highest BCUT2D eigenvalue weighted by molar-refractivity contribution is 7.92. The number of carbonyl (C=O) groups excluding carboxylic acids is 1. The van der Waals surface area contributed by atoms with Crippen LogP contribution in [0.4, 0.5) is 15.8 Å². The largest absolute Gasteiger partial charge is 0.322 e. The number of nitrogens with zero attached hydrogens (tertiary/aromatic N) is 1. The van der Waals surface area contributed by atoms with Crippen LogP contribution in [0.15, 0.2) is 42.5 Å². The van der Waals surface area contributed by atoms with Crippen molar-refractivity contribution < 1.29 is 17.6 Å². The maximum atomic E-state index is 12.9. The Hall–Kier alpha value is -2.41. The minimum atomic E-state index is -3.42. The van der Waals surface area contributed by atoms with Crippen LogP contribution in [0, 0.1) is 12.7 Å². The van der Waals surface area contributed by atoms with Crippen molar-refractivity contribution in [3.63, 3.8) is 0 Å². The monoisotopic (exact) mass is 336 g/mol. The molecule has 0 saturated carbocycles. The number of amides is 1. The molecule has 23 heavy (non-hydrogen) atoms. The number of anilines is 2. The van der Waals surface area contributed by atoms with Crippen molar-refractivity contribution in [2.24, 2.45) is 0 Å². The van der Waals surface area contributed by atoms with Crippen LogP contribution in [0.2, 0.25) is 0 Å². The average molecular weight is 336 g/mol. The fourth-order valence-corrected chi connectivity index (χ4v) is 2.68. The summed E-state index contributed by atoms with van der Waals surface area (Å²) in [5, 5.41) is 2.66. The lowest BCUT2D eigenvalue weighted by molar-refractivity contribution is 0.102. The fraction of sp³-hybridized carbons (Fsp3) is 0.188. The Morgan fingerprint density at radius 1 is 1.13 bits per heavy atom. The Balaban J connectivity index is 2.33. The van der Waals surface area contributed by atoms with E-state index in [9.17, 15) is 17.6 Å². The second-order valence-electron chi connectivity index (χ2n) is 5.14. The Kier molecular flexibility index (Phi) is 4.70. The maximum Gasteiger partial charge on any atom is 0.256 e. The van der Waals surface area contributed by atoms with Gasteiger partial charge in [0, 0.05) is 18.3 Å². The fourth-order valence-electron chi connectivity index (χ4n) is 2.12. The van der Waals surface area contributed by atoms with Gasteiger partial charge in [0.1, 0.15) is 5.82 Å². The summed E-state index contributed by atoms with van der Waals surface area (Å²) in [5.74, 6) is -0.784. The van der Waals surface area contributed by atoms with E-state index in [0.29, 0.717) is 22.5 Å². The zero-order valence-corrected chi connectivity index (χ0v) is 13.8. The summed E-state index contributed by atoms with van der Waals surface area (Å²) in [6.07, 6.45) is 1.09. The smallest absolute Gasteiger partial charge is 0.256 e. The van der Waals surface area contributed by atoms with Gasteiger partial charge in [-0.05, 0) is 48.9 Å². The van der Waals surface area contributed by atoms with Crippen LogP contribution in [0.3, 0.4) is 0 Å². The van der Waals surface area contributed by atoms with Gasteiger partial charge >= 0.3 is 0 Å². The van der Waals surface area contributed by atoms with Crippen LogP contribution < -0.4 is 9.62 Å². The first-order valence-electron chi connectivity index (χ1n) is 6.80. The molecule has 1 amide bonds. The summed E-state index contributed by atoms with van der Waals surface area (Å²) in [5.41, 5.74) is 1.78. The molecular formula is C16H17FN2O3S. The van der Waals surface area contributed by atoms with Crippen LogP contribution >= 0.6 is 0 Å². The number of halogens is 1. The van der Waals surface area contributed by atoms with E-state index < -0.39 is 21.7 Å². The van der Waals surface area contributed by atoms with Crippen molar-refractivity contribution in [3.05, 3.63) is 59.4 Å². The molecular weight excluding hydrogens is 319 g/mol. The Bertz CT molecular complexity index is 833. The second-order valence-corrected chi connectivity index (χ2v) is 7.15. The predicted octanol–water partition coefficient (Wildman–Crippen LogP) is 2.78. The molecule has 0 spiro atoms. The normalized spacial score (nSPS) is 11.1. The van der Waals surface area contributed by atoms with E-state index in [1.807, 2.05) is 0 Å². The van der Waals surface area contributed by atoms with E-state index in [-0.39, 0.29) is 0 Å². The van der Waals surface area contributed by atoms with Gasteiger partial charge in [0.25, 0.3) is 5.91 Å². The molecule has 0 fully saturated rings. The van der Waals surface area contributed by atoms with Gasteiger partial charge in [0.05, 0.1) is 11.9 Å². The molecule has 5 nitrogen and oxygen atoms in total. The molecule has 2 aromatic rings. The lowest BCUT2D eigenvalue weighted by Gasteiger charge is -2.20. The molecule has 2 aromatic carbocycles. The molecule has 1 N–H and O–H groups in total. The third-order valence-electron chi connectivity index (χ3n) is 3.49. The predicted molar refractivity (Wildman–Crippen MR) is 88.8 cm³/mol. The Morgan fingerprint density at radius 2 is 1.74 bits per heavy atom. The number of benzene rings is 2. The first-order chi connectivity index (χ1) is 10.7. The van der Waals surface area contributed by atoms with Gasteiger partial charge in [-0.3, -0.25) is 9.10 Å². The summed E-state index contributed by atoms with van der Waals surface area (Å²) >= 11 is 0. The van der Waals surface area contributed by atoms with Gasteiger partial charge in [0.15, 0.2) is 0 Å². The van der Waals surface area contributed by atoms with E-state index >= 15 is 0 Å². The average Bonchev–Trinajstić information content (AvgIpc) is 2.48. The first kappa shape index (κ1) is 17.0. The summed E-state index contributed by atoms with van der Waals surface area (Å²) in [4.78, 5) is 12.4. The van der Waals surface area contributed by atoms with Crippen molar-refractivity contribution in [2.75, 3.05) is 22.9 Å². The van der Waals surface area contributed by atoms with E-state index in [1.165, 1.54) is 31.3 Å². The molecule has 122 valence electrons. The van der Waals surface area contributed by atoms with Crippen LogP contribution in [-0.4, -0.2) is 27.6 Å². The second kappa shape index (κ2) is 6.37. The molecule has 0 saturated heterocycles. The van der Waals surface area contributed by atoms with Crippen molar-refractivity contribution in [3.8, 4) is 0 Å². The summed E-state index contributed by atoms with van der Waals surface area (Å²) in [6, 6.07) is 10.2. The molecule has 0 heterocycles. The SMILES string of the molecule is Cc1c(C(=O)Nc2ccc(F)cc2)cccc1N(C)S(C)(=O)=O. The van der Waals surface area contributed by atoms with Crippen molar-refractivity contribution in [2.45, 2.75) is 6.92 Å². The molecule has 0 aliphatic carbocycles. The van der Waals surface area contributed by atoms with E-state index in [4.69, 9.17) is 0 Å². The quantitative estimate of drug-likeness (QED) is 0.933. The maximum absolute atomic E-state index is 12.9. The highest BCUT2D eigenvalue weighted by Crippen LogP contribution is 2.24. The van der Waals surface area contributed by atoms with Crippen LogP contribution in [0.25, 0.3) is 0 Å². The highest BCUT2D eigenvalue weighted by atomic mass is 32.2. The number of nitrogens with one attached hydrogen (secondary N) is 1.